The zero-order valence-electron chi connectivity index (χ0n) is 19.3. The molecule has 1 fully saturated rings. The zero-order chi connectivity index (χ0) is 24.2. The third-order valence-electron chi connectivity index (χ3n) is 5.12. The van der Waals surface area contributed by atoms with Crippen molar-refractivity contribution in [2.45, 2.75) is 20.0 Å². The largest absolute Gasteiger partial charge is 0.497 e. The Hall–Kier alpha value is -3.30. The highest BCUT2D eigenvalue weighted by Crippen LogP contribution is 2.28. The molecule has 0 atom stereocenters. The van der Waals surface area contributed by atoms with Gasteiger partial charge in [-0.15, -0.1) is 0 Å². The molecule has 0 bridgehead atoms. The van der Waals surface area contributed by atoms with Crippen molar-refractivity contribution in [3.8, 4) is 17.2 Å². The van der Waals surface area contributed by atoms with Crippen LogP contribution in [0, 0.1) is 0 Å². The lowest BCUT2D eigenvalue weighted by molar-refractivity contribution is -0.159. The molecule has 0 spiro atoms. The van der Waals surface area contributed by atoms with E-state index in [9.17, 15) is 0 Å². The predicted molar refractivity (Wildman–Crippen MR) is 123 cm³/mol. The Morgan fingerprint density at radius 1 is 0.818 bits per heavy atom. The highest BCUT2D eigenvalue weighted by molar-refractivity contribution is 6.27. The van der Waals surface area contributed by atoms with E-state index < -0.39 is 11.9 Å². The van der Waals surface area contributed by atoms with Gasteiger partial charge in [0.05, 0.1) is 20.8 Å². The molecule has 9 heteroatoms. The molecule has 9 nitrogen and oxygen atoms in total. The van der Waals surface area contributed by atoms with E-state index in [4.69, 9.17) is 34.0 Å². The van der Waals surface area contributed by atoms with Gasteiger partial charge >= 0.3 is 11.9 Å². The Morgan fingerprint density at radius 2 is 1.39 bits per heavy atom. The van der Waals surface area contributed by atoms with Crippen molar-refractivity contribution in [2.24, 2.45) is 0 Å². The molecule has 3 rings (SSSR count). The third kappa shape index (κ3) is 8.63. The number of hydrogen-bond acceptors (Lipinski definition) is 7. The Kier molecular flexibility index (Phi) is 10.5. The number of carbonyl (C=O) groups is 2. The van der Waals surface area contributed by atoms with Gasteiger partial charge in [-0.25, -0.2) is 9.59 Å². The minimum atomic E-state index is -1.82. The van der Waals surface area contributed by atoms with E-state index in [1.807, 2.05) is 19.1 Å². The van der Waals surface area contributed by atoms with Gasteiger partial charge in [-0.05, 0) is 42.3 Å². The van der Waals surface area contributed by atoms with Gasteiger partial charge in [-0.3, -0.25) is 9.80 Å². The fourth-order valence-electron chi connectivity index (χ4n) is 3.48. The number of aliphatic carboxylic acids is 2. The van der Waals surface area contributed by atoms with E-state index in [0.717, 1.165) is 56.5 Å². The van der Waals surface area contributed by atoms with Gasteiger partial charge < -0.3 is 24.4 Å². The molecule has 1 aliphatic rings. The van der Waals surface area contributed by atoms with Crippen molar-refractivity contribution in [2.75, 3.05) is 47.0 Å². The molecule has 33 heavy (non-hydrogen) atoms. The van der Waals surface area contributed by atoms with E-state index in [1.54, 1.807) is 14.2 Å². The molecule has 1 aliphatic heterocycles. The fourth-order valence-corrected chi connectivity index (χ4v) is 3.48. The maximum Gasteiger partial charge on any atom is 0.414 e. The summed E-state index contributed by atoms with van der Waals surface area (Å²) in [7, 11) is 3.40. The van der Waals surface area contributed by atoms with Gasteiger partial charge in [0, 0.05) is 39.3 Å². The van der Waals surface area contributed by atoms with Crippen LogP contribution in [-0.4, -0.2) is 79.0 Å². The second-order valence-electron chi connectivity index (χ2n) is 7.43. The van der Waals surface area contributed by atoms with E-state index >= 15 is 0 Å². The van der Waals surface area contributed by atoms with Crippen molar-refractivity contribution in [3.63, 3.8) is 0 Å². The van der Waals surface area contributed by atoms with Crippen LogP contribution in [0.25, 0.3) is 0 Å². The first kappa shape index (κ1) is 26.0. The molecule has 2 aromatic carbocycles. The molecule has 0 aromatic heterocycles. The molecule has 1 heterocycles. The number of carboxylic acids is 2. The summed E-state index contributed by atoms with van der Waals surface area (Å²) in [6.07, 6.45) is 0. The van der Waals surface area contributed by atoms with E-state index in [2.05, 4.69) is 40.1 Å². The maximum absolute atomic E-state index is 9.10. The summed E-state index contributed by atoms with van der Waals surface area (Å²) in [5.74, 6) is -1.10. The van der Waals surface area contributed by atoms with Gasteiger partial charge in [0.25, 0.3) is 0 Å². The van der Waals surface area contributed by atoms with Gasteiger partial charge in [0.2, 0.25) is 0 Å². The molecular formula is C24H32N2O7. The summed E-state index contributed by atoms with van der Waals surface area (Å²) in [5.41, 5.74) is 2.57. The third-order valence-corrected chi connectivity index (χ3v) is 5.12. The van der Waals surface area contributed by atoms with Crippen LogP contribution in [0.15, 0.2) is 42.5 Å². The Morgan fingerprint density at radius 3 is 1.88 bits per heavy atom. The SMILES string of the molecule is CCOc1cc(CN2CCN(Cc3cccc(OC)c3)CC2)ccc1OC.O=C(O)C(=O)O. The van der Waals surface area contributed by atoms with Crippen LogP contribution in [0.4, 0.5) is 0 Å². The van der Waals surface area contributed by atoms with Crippen molar-refractivity contribution >= 4 is 11.9 Å². The molecule has 0 unspecified atom stereocenters. The summed E-state index contributed by atoms with van der Waals surface area (Å²) in [6, 6.07) is 14.6. The minimum Gasteiger partial charge on any atom is -0.497 e. The first-order valence-electron chi connectivity index (χ1n) is 10.7. The topological polar surface area (TPSA) is 109 Å². The van der Waals surface area contributed by atoms with Crippen LogP contribution in [0.3, 0.4) is 0 Å². The number of rotatable bonds is 8. The first-order valence-corrected chi connectivity index (χ1v) is 10.7. The molecule has 2 N–H and O–H groups in total. The van der Waals surface area contributed by atoms with Crippen molar-refractivity contribution < 1.29 is 34.0 Å². The highest BCUT2D eigenvalue weighted by Gasteiger charge is 2.18. The van der Waals surface area contributed by atoms with E-state index in [1.165, 1.54) is 11.1 Å². The number of hydrogen-bond donors (Lipinski definition) is 2. The van der Waals surface area contributed by atoms with Crippen LogP contribution in [0.2, 0.25) is 0 Å². The quantitative estimate of drug-likeness (QED) is 0.575. The summed E-state index contributed by atoms with van der Waals surface area (Å²) in [5, 5.41) is 14.8. The Bertz CT molecular complexity index is 899. The molecule has 0 amide bonds. The van der Waals surface area contributed by atoms with Gasteiger partial charge in [0.1, 0.15) is 5.75 Å². The number of carboxylic acid groups (broad SMARTS) is 2. The first-order chi connectivity index (χ1) is 15.9. The minimum absolute atomic E-state index is 0.642. The highest BCUT2D eigenvalue weighted by atomic mass is 16.5. The summed E-state index contributed by atoms with van der Waals surface area (Å²) in [6.45, 7) is 8.84. The van der Waals surface area contributed by atoms with Gasteiger partial charge in [-0.1, -0.05) is 18.2 Å². The molecule has 0 saturated carbocycles. The van der Waals surface area contributed by atoms with Crippen LogP contribution < -0.4 is 14.2 Å². The maximum atomic E-state index is 9.10. The standard InChI is InChI=1S/C22H30N2O3.C2H2O4/c1-4-27-22-15-19(8-9-21(22)26-3)17-24-12-10-23(11-13-24)16-18-6-5-7-20(14-18)25-2;3-1(4)2(5)6/h5-9,14-15H,4,10-13,16-17H2,1-3H3;(H,3,4)(H,5,6). The van der Waals surface area contributed by atoms with E-state index in [-0.39, 0.29) is 0 Å². The molecule has 0 aliphatic carbocycles. The second kappa shape index (κ2) is 13.3. The van der Waals surface area contributed by atoms with E-state index in [0.29, 0.717) is 6.61 Å². The number of piperazine rings is 1. The monoisotopic (exact) mass is 460 g/mol. The van der Waals surface area contributed by atoms with Crippen molar-refractivity contribution in [1.29, 1.82) is 0 Å². The van der Waals surface area contributed by atoms with Crippen molar-refractivity contribution in [1.82, 2.24) is 9.80 Å². The van der Waals surface area contributed by atoms with Crippen LogP contribution >= 0.6 is 0 Å². The average molecular weight is 461 g/mol. The molecule has 1 saturated heterocycles. The number of nitrogens with zero attached hydrogens (tertiary/aromatic N) is 2. The Labute approximate surface area is 194 Å². The zero-order valence-corrected chi connectivity index (χ0v) is 19.3. The molecule has 0 radical (unpaired) electrons. The van der Waals surface area contributed by atoms with Gasteiger partial charge in [0.15, 0.2) is 11.5 Å². The second-order valence-corrected chi connectivity index (χ2v) is 7.43. The number of ether oxygens (including phenoxy) is 3. The van der Waals surface area contributed by atoms with Gasteiger partial charge in [-0.2, -0.15) is 0 Å². The van der Waals surface area contributed by atoms with Crippen LogP contribution in [0.1, 0.15) is 18.1 Å². The average Bonchev–Trinajstić information content (AvgIpc) is 2.81. The van der Waals surface area contributed by atoms with Crippen LogP contribution in [0.5, 0.6) is 17.2 Å². The number of methoxy groups -OCH3 is 2. The Balaban J connectivity index is 0.000000569. The summed E-state index contributed by atoms with van der Waals surface area (Å²) < 4.78 is 16.4. The molecular weight excluding hydrogens is 428 g/mol. The molecule has 180 valence electrons. The fraction of sp³-hybridized carbons (Fsp3) is 0.417. The lowest BCUT2D eigenvalue weighted by atomic mass is 10.1. The summed E-state index contributed by atoms with van der Waals surface area (Å²) >= 11 is 0. The van der Waals surface area contributed by atoms with Crippen LogP contribution in [-0.2, 0) is 22.7 Å². The lowest BCUT2D eigenvalue weighted by Gasteiger charge is -2.34. The smallest absolute Gasteiger partial charge is 0.414 e. The van der Waals surface area contributed by atoms with Crippen molar-refractivity contribution in [3.05, 3.63) is 53.6 Å². The lowest BCUT2D eigenvalue weighted by Crippen LogP contribution is -2.45. The summed E-state index contributed by atoms with van der Waals surface area (Å²) in [4.78, 5) is 23.2. The number of benzene rings is 2. The predicted octanol–water partition coefficient (Wildman–Crippen LogP) is 2.58. The normalized spacial score (nSPS) is 14.0. The molecule has 2 aromatic rings.